The van der Waals surface area contributed by atoms with Crippen molar-refractivity contribution < 1.29 is 8.42 Å². The third-order valence-electron chi connectivity index (χ3n) is 3.08. The van der Waals surface area contributed by atoms with Gasteiger partial charge in [0.25, 0.3) is 0 Å². The molecule has 0 aliphatic rings. The third kappa shape index (κ3) is 3.61. The number of hydrogen-bond donors (Lipinski definition) is 2. The molecule has 0 aliphatic heterocycles. The largest absolute Gasteiger partial charge is 0.398 e. The van der Waals surface area contributed by atoms with Crippen LogP contribution in [0.5, 0.6) is 0 Å². The third-order valence-corrected chi connectivity index (χ3v) is 6.02. The number of anilines is 1. The minimum absolute atomic E-state index is 0.104. The van der Waals surface area contributed by atoms with Crippen LogP contribution in [0.25, 0.3) is 0 Å². The Morgan fingerprint density at radius 1 is 1.43 bits per heavy atom. The van der Waals surface area contributed by atoms with E-state index in [0.29, 0.717) is 0 Å². The van der Waals surface area contributed by atoms with E-state index in [1.54, 1.807) is 25.3 Å². The minimum atomic E-state index is -3.66. The summed E-state index contributed by atoms with van der Waals surface area (Å²) >= 11 is 1.51. The molecule has 1 atom stereocenters. The number of aryl methyl sites for hydroxylation is 2. The maximum Gasteiger partial charge on any atom is 0.243 e. The fourth-order valence-electron chi connectivity index (χ4n) is 1.95. The second-order valence-corrected chi connectivity index (χ2v) is 7.73. The smallest absolute Gasteiger partial charge is 0.243 e. The highest BCUT2D eigenvalue weighted by Gasteiger charge is 2.22. The topological polar surface area (TPSA) is 85.1 Å². The quantitative estimate of drug-likeness (QED) is 0.828. The van der Waals surface area contributed by atoms with E-state index in [1.165, 1.54) is 17.4 Å². The first-order valence-corrected chi connectivity index (χ1v) is 8.96. The maximum atomic E-state index is 12.4. The van der Waals surface area contributed by atoms with Gasteiger partial charge in [-0.15, -0.1) is 11.3 Å². The number of nitrogen functional groups attached to an aromatic ring is 1. The monoisotopic (exact) mass is 325 g/mol. The van der Waals surface area contributed by atoms with Gasteiger partial charge in [0, 0.05) is 11.1 Å². The van der Waals surface area contributed by atoms with Crippen LogP contribution in [-0.2, 0) is 16.4 Å². The highest BCUT2D eigenvalue weighted by atomic mass is 32.2. The van der Waals surface area contributed by atoms with E-state index in [9.17, 15) is 8.42 Å². The van der Waals surface area contributed by atoms with Gasteiger partial charge in [-0.1, -0.05) is 13.0 Å². The van der Waals surface area contributed by atoms with E-state index < -0.39 is 10.0 Å². The van der Waals surface area contributed by atoms with Crippen LogP contribution in [0.4, 0.5) is 5.69 Å². The summed E-state index contributed by atoms with van der Waals surface area (Å²) in [6, 6.07) is 4.52. The number of aromatic nitrogens is 1. The molecule has 5 nitrogen and oxygen atoms in total. The van der Waals surface area contributed by atoms with Crippen molar-refractivity contribution in [1.29, 1.82) is 0 Å². The van der Waals surface area contributed by atoms with Crippen molar-refractivity contribution in [3.8, 4) is 0 Å². The summed E-state index contributed by atoms with van der Waals surface area (Å²) < 4.78 is 27.4. The molecular formula is C14H19N3O2S2. The van der Waals surface area contributed by atoms with Gasteiger partial charge in [-0.2, -0.15) is 0 Å². The van der Waals surface area contributed by atoms with Gasteiger partial charge in [-0.25, -0.2) is 18.1 Å². The average molecular weight is 325 g/mol. The molecule has 0 saturated carbocycles. The first-order valence-electron chi connectivity index (χ1n) is 6.66. The van der Waals surface area contributed by atoms with Crippen molar-refractivity contribution in [2.45, 2.75) is 38.1 Å². The van der Waals surface area contributed by atoms with Crippen LogP contribution >= 0.6 is 11.3 Å². The van der Waals surface area contributed by atoms with E-state index in [4.69, 9.17) is 5.73 Å². The molecule has 0 aliphatic carbocycles. The zero-order valence-electron chi connectivity index (χ0n) is 12.3. The molecule has 114 valence electrons. The molecule has 0 saturated heterocycles. The Morgan fingerprint density at radius 3 is 2.71 bits per heavy atom. The number of nitrogens with zero attached hydrogens (tertiary/aromatic N) is 1. The summed E-state index contributed by atoms with van der Waals surface area (Å²) in [5.41, 5.74) is 6.99. The number of hydrogen-bond acceptors (Lipinski definition) is 5. The minimum Gasteiger partial charge on any atom is -0.398 e. The van der Waals surface area contributed by atoms with E-state index in [-0.39, 0.29) is 16.6 Å². The van der Waals surface area contributed by atoms with Crippen molar-refractivity contribution in [2.24, 2.45) is 0 Å². The molecule has 0 spiro atoms. The number of sulfonamides is 1. The van der Waals surface area contributed by atoms with Crippen molar-refractivity contribution in [3.05, 3.63) is 39.8 Å². The Bertz CT molecular complexity index is 738. The Morgan fingerprint density at radius 2 is 2.14 bits per heavy atom. The summed E-state index contributed by atoms with van der Waals surface area (Å²) in [6.07, 6.45) is 2.67. The maximum absolute atomic E-state index is 12.4. The second kappa shape index (κ2) is 6.13. The molecule has 1 aromatic carbocycles. The molecule has 0 fully saturated rings. The van der Waals surface area contributed by atoms with E-state index in [1.807, 2.05) is 13.8 Å². The number of nitrogens with one attached hydrogen (secondary N) is 1. The van der Waals surface area contributed by atoms with Crippen LogP contribution in [0.1, 0.15) is 35.3 Å². The Kier molecular flexibility index (Phi) is 4.65. The molecule has 0 bridgehead atoms. The molecule has 0 radical (unpaired) electrons. The molecule has 1 heterocycles. The lowest BCUT2D eigenvalue weighted by Gasteiger charge is -2.13. The van der Waals surface area contributed by atoms with E-state index >= 15 is 0 Å². The number of nitrogens with two attached hydrogens (primary N) is 1. The van der Waals surface area contributed by atoms with Gasteiger partial charge >= 0.3 is 0 Å². The standard InChI is InChI=1S/C14H19N3O2S2/c1-4-11-8-16-14(20-11)10(3)17-21(18,19)13-6-5-9(2)7-12(13)15/h5-8,10,17H,4,15H2,1-3H3. The molecule has 2 rings (SSSR count). The molecule has 0 amide bonds. The predicted molar refractivity (Wildman–Crippen MR) is 85.8 cm³/mol. The first kappa shape index (κ1) is 15.9. The van der Waals surface area contributed by atoms with E-state index in [0.717, 1.165) is 21.9 Å². The highest BCUT2D eigenvalue weighted by Crippen LogP contribution is 2.24. The van der Waals surface area contributed by atoms with Crippen LogP contribution in [0, 0.1) is 6.92 Å². The lowest BCUT2D eigenvalue weighted by Crippen LogP contribution is -2.27. The Hall–Kier alpha value is -1.44. The Labute approximate surface area is 129 Å². The van der Waals surface area contributed by atoms with Crippen molar-refractivity contribution in [1.82, 2.24) is 9.71 Å². The van der Waals surface area contributed by atoms with Gasteiger partial charge in [-0.3, -0.25) is 0 Å². The highest BCUT2D eigenvalue weighted by molar-refractivity contribution is 7.89. The Balaban J connectivity index is 2.24. The second-order valence-electron chi connectivity index (χ2n) is 4.90. The summed E-state index contributed by atoms with van der Waals surface area (Å²) in [5, 5.41) is 0.751. The van der Waals surface area contributed by atoms with Gasteiger partial charge in [0.05, 0.1) is 11.7 Å². The van der Waals surface area contributed by atoms with Gasteiger partial charge in [0.1, 0.15) is 9.90 Å². The zero-order valence-corrected chi connectivity index (χ0v) is 13.9. The SMILES string of the molecule is CCc1cnc(C(C)NS(=O)(=O)c2ccc(C)cc2N)s1. The summed E-state index contributed by atoms with van der Waals surface area (Å²) in [5.74, 6) is 0. The summed E-state index contributed by atoms with van der Waals surface area (Å²) in [6.45, 7) is 5.68. The lowest BCUT2D eigenvalue weighted by atomic mass is 10.2. The van der Waals surface area contributed by atoms with Crippen molar-refractivity contribution in [3.63, 3.8) is 0 Å². The van der Waals surface area contributed by atoms with Crippen LogP contribution in [-0.4, -0.2) is 13.4 Å². The first-order chi connectivity index (χ1) is 9.83. The summed E-state index contributed by atoms with van der Waals surface area (Å²) in [4.78, 5) is 5.50. The van der Waals surface area contributed by atoms with Crippen molar-refractivity contribution in [2.75, 3.05) is 5.73 Å². The average Bonchev–Trinajstić information content (AvgIpc) is 2.86. The van der Waals surface area contributed by atoms with Crippen LogP contribution in [0.2, 0.25) is 0 Å². The summed E-state index contributed by atoms with van der Waals surface area (Å²) in [7, 11) is -3.66. The molecular weight excluding hydrogens is 306 g/mol. The fraction of sp³-hybridized carbons (Fsp3) is 0.357. The van der Waals surface area contributed by atoms with Crippen LogP contribution in [0.15, 0.2) is 29.3 Å². The van der Waals surface area contributed by atoms with Gasteiger partial charge in [0.2, 0.25) is 10.0 Å². The van der Waals surface area contributed by atoms with Crippen LogP contribution in [0.3, 0.4) is 0 Å². The van der Waals surface area contributed by atoms with E-state index in [2.05, 4.69) is 9.71 Å². The molecule has 3 N–H and O–H groups in total. The zero-order chi connectivity index (χ0) is 15.6. The van der Waals surface area contributed by atoms with Gasteiger partial charge in [-0.05, 0) is 38.0 Å². The number of thiazole rings is 1. The normalized spacial score (nSPS) is 13.3. The molecule has 1 aromatic heterocycles. The van der Waals surface area contributed by atoms with Gasteiger partial charge < -0.3 is 5.73 Å². The predicted octanol–water partition coefficient (Wildman–Crippen LogP) is 2.64. The molecule has 21 heavy (non-hydrogen) atoms. The number of rotatable bonds is 5. The van der Waals surface area contributed by atoms with Gasteiger partial charge in [0.15, 0.2) is 0 Å². The fourth-order valence-corrected chi connectivity index (χ4v) is 4.20. The molecule has 1 unspecified atom stereocenters. The van der Waals surface area contributed by atoms with Crippen LogP contribution < -0.4 is 10.5 Å². The van der Waals surface area contributed by atoms with Crippen molar-refractivity contribution >= 4 is 27.0 Å². The lowest BCUT2D eigenvalue weighted by molar-refractivity contribution is 0.567. The number of benzene rings is 1. The molecule has 7 heteroatoms. The molecule has 2 aromatic rings.